The number of hydrogen-bond donors (Lipinski definition) is 1. The summed E-state index contributed by atoms with van der Waals surface area (Å²) >= 11 is 0. The first-order valence-corrected chi connectivity index (χ1v) is 7.27. The minimum Gasteiger partial charge on any atom is -0.314 e. The summed E-state index contributed by atoms with van der Waals surface area (Å²) in [6.07, 6.45) is 4.41. The SMILES string of the molecule is Cc1cccc([C@H](C)CN[C@H](C)CCn2cncn2)c1. The van der Waals surface area contributed by atoms with Gasteiger partial charge in [-0.2, -0.15) is 5.10 Å². The standard InChI is InChI=1S/C16H24N4/c1-13-5-4-6-16(9-13)14(2)10-18-15(3)7-8-20-12-17-11-19-20/h4-6,9,11-12,14-15,18H,7-8,10H2,1-3H3/t14-,15-/m1/s1. The largest absolute Gasteiger partial charge is 0.314 e. The first-order chi connectivity index (χ1) is 9.65. The third kappa shape index (κ3) is 4.46. The average Bonchev–Trinajstić information content (AvgIpc) is 2.95. The van der Waals surface area contributed by atoms with Gasteiger partial charge in [0.05, 0.1) is 0 Å². The maximum Gasteiger partial charge on any atom is 0.137 e. The Morgan fingerprint density at radius 3 is 2.85 bits per heavy atom. The molecule has 0 amide bonds. The second kappa shape index (κ2) is 7.20. The van der Waals surface area contributed by atoms with E-state index in [0.717, 1.165) is 19.5 Å². The lowest BCUT2D eigenvalue weighted by atomic mass is 9.99. The molecule has 0 saturated carbocycles. The lowest BCUT2D eigenvalue weighted by Crippen LogP contribution is -2.30. The zero-order valence-electron chi connectivity index (χ0n) is 12.6. The number of nitrogens with one attached hydrogen (secondary N) is 1. The summed E-state index contributed by atoms with van der Waals surface area (Å²) in [4.78, 5) is 3.95. The number of aromatic nitrogens is 3. The quantitative estimate of drug-likeness (QED) is 0.843. The van der Waals surface area contributed by atoms with Crippen LogP contribution in [0.3, 0.4) is 0 Å². The van der Waals surface area contributed by atoms with Gasteiger partial charge in [0, 0.05) is 19.1 Å². The predicted octanol–water partition coefficient (Wildman–Crippen LogP) is 2.76. The molecule has 4 heteroatoms. The van der Waals surface area contributed by atoms with Gasteiger partial charge in [0.25, 0.3) is 0 Å². The fourth-order valence-corrected chi connectivity index (χ4v) is 2.25. The van der Waals surface area contributed by atoms with Crippen LogP contribution in [-0.2, 0) is 6.54 Å². The second-order valence-corrected chi connectivity index (χ2v) is 5.57. The van der Waals surface area contributed by atoms with Crippen LogP contribution in [0.4, 0.5) is 0 Å². The number of rotatable bonds is 7. The lowest BCUT2D eigenvalue weighted by Gasteiger charge is -2.18. The smallest absolute Gasteiger partial charge is 0.137 e. The zero-order chi connectivity index (χ0) is 14.4. The first kappa shape index (κ1) is 14.7. The molecular formula is C16H24N4. The molecule has 2 rings (SSSR count). The third-order valence-electron chi connectivity index (χ3n) is 3.64. The van der Waals surface area contributed by atoms with Crippen molar-refractivity contribution in [2.75, 3.05) is 6.54 Å². The van der Waals surface area contributed by atoms with Crippen molar-refractivity contribution in [1.82, 2.24) is 20.1 Å². The van der Waals surface area contributed by atoms with Gasteiger partial charge >= 0.3 is 0 Å². The summed E-state index contributed by atoms with van der Waals surface area (Å²) in [5.41, 5.74) is 2.73. The molecule has 1 heterocycles. The highest BCUT2D eigenvalue weighted by atomic mass is 15.3. The molecule has 2 aromatic rings. The van der Waals surface area contributed by atoms with Gasteiger partial charge in [-0.1, -0.05) is 36.8 Å². The number of benzene rings is 1. The van der Waals surface area contributed by atoms with Crippen molar-refractivity contribution in [3.05, 3.63) is 48.0 Å². The fraction of sp³-hybridized carbons (Fsp3) is 0.500. The Kier molecular flexibility index (Phi) is 5.30. The van der Waals surface area contributed by atoms with Crippen molar-refractivity contribution >= 4 is 0 Å². The Morgan fingerprint density at radius 1 is 1.30 bits per heavy atom. The maximum absolute atomic E-state index is 4.12. The van der Waals surface area contributed by atoms with E-state index in [0.29, 0.717) is 12.0 Å². The molecular weight excluding hydrogens is 248 g/mol. The molecule has 1 aromatic heterocycles. The van der Waals surface area contributed by atoms with E-state index in [1.165, 1.54) is 11.1 Å². The van der Waals surface area contributed by atoms with Gasteiger partial charge in [-0.05, 0) is 31.7 Å². The van der Waals surface area contributed by atoms with Gasteiger partial charge in [0.15, 0.2) is 0 Å². The highest BCUT2D eigenvalue weighted by Gasteiger charge is 2.08. The second-order valence-electron chi connectivity index (χ2n) is 5.57. The normalized spacial score (nSPS) is 14.2. The van der Waals surface area contributed by atoms with Crippen LogP contribution < -0.4 is 5.32 Å². The molecule has 2 atom stereocenters. The van der Waals surface area contributed by atoms with Gasteiger partial charge in [0.2, 0.25) is 0 Å². The van der Waals surface area contributed by atoms with Crippen molar-refractivity contribution in [1.29, 1.82) is 0 Å². The van der Waals surface area contributed by atoms with Crippen molar-refractivity contribution in [2.24, 2.45) is 0 Å². The zero-order valence-corrected chi connectivity index (χ0v) is 12.6. The monoisotopic (exact) mass is 272 g/mol. The van der Waals surface area contributed by atoms with Crippen LogP contribution >= 0.6 is 0 Å². The molecule has 0 saturated heterocycles. The van der Waals surface area contributed by atoms with Gasteiger partial charge in [0.1, 0.15) is 12.7 Å². The average molecular weight is 272 g/mol. The molecule has 0 radical (unpaired) electrons. The minimum atomic E-state index is 0.478. The van der Waals surface area contributed by atoms with Crippen LogP contribution in [0.1, 0.15) is 37.3 Å². The summed E-state index contributed by atoms with van der Waals surface area (Å²) in [5, 5.41) is 7.72. The van der Waals surface area contributed by atoms with E-state index in [-0.39, 0.29) is 0 Å². The Hall–Kier alpha value is -1.68. The van der Waals surface area contributed by atoms with E-state index in [9.17, 15) is 0 Å². The van der Waals surface area contributed by atoms with Crippen LogP contribution in [-0.4, -0.2) is 27.4 Å². The molecule has 20 heavy (non-hydrogen) atoms. The van der Waals surface area contributed by atoms with E-state index in [1.54, 1.807) is 12.7 Å². The molecule has 0 fully saturated rings. The highest BCUT2D eigenvalue weighted by Crippen LogP contribution is 2.15. The highest BCUT2D eigenvalue weighted by molar-refractivity contribution is 5.25. The van der Waals surface area contributed by atoms with Crippen molar-refractivity contribution < 1.29 is 0 Å². The number of nitrogens with zero attached hydrogens (tertiary/aromatic N) is 3. The summed E-state index contributed by atoms with van der Waals surface area (Å²) in [6.45, 7) is 8.55. The van der Waals surface area contributed by atoms with Crippen molar-refractivity contribution in [3.8, 4) is 0 Å². The van der Waals surface area contributed by atoms with Crippen LogP contribution in [0, 0.1) is 6.92 Å². The van der Waals surface area contributed by atoms with Crippen molar-refractivity contribution in [2.45, 2.75) is 45.7 Å². The summed E-state index contributed by atoms with van der Waals surface area (Å²) < 4.78 is 1.88. The molecule has 0 aliphatic rings. The van der Waals surface area contributed by atoms with E-state index in [4.69, 9.17) is 0 Å². The molecule has 0 bridgehead atoms. The van der Waals surface area contributed by atoms with Gasteiger partial charge < -0.3 is 5.32 Å². The van der Waals surface area contributed by atoms with Gasteiger partial charge in [-0.15, -0.1) is 0 Å². The molecule has 4 nitrogen and oxygen atoms in total. The number of aryl methyl sites for hydroxylation is 2. The summed E-state index contributed by atoms with van der Waals surface area (Å²) in [6, 6.07) is 9.23. The molecule has 1 aromatic carbocycles. The van der Waals surface area contributed by atoms with Crippen LogP contribution in [0.5, 0.6) is 0 Å². The predicted molar refractivity (Wildman–Crippen MR) is 81.7 cm³/mol. The maximum atomic E-state index is 4.12. The molecule has 1 N–H and O–H groups in total. The fourth-order valence-electron chi connectivity index (χ4n) is 2.25. The van der Waals surface area contributed by atoms with E-state index < -0.39 is 0 Å². The van der Waals surface area contributed by atoms with E-state index in [2.05, 4.69) is 60.4 Å². The Bertz CT molecular complexity index is 507. The Balaban J connectivity index is 1.73. The van der Waals surface area contributed by atoms with Gasteiger partial charge in [-0.25, -0.2) is 4.98 Å². The molecule has 0 spiro atoms. The lowest BCUT2D eigenvalue weighted by molar-refractivity contribution is 0.447. The van der Waals surface area contributed by atoms with Crippen LogP contribution in [0.25, 0.3) is 0 Å². The summed E-state index contributed by atoms with van der Waals surface area (Å²) in [5.74, 6) is 0.531. The Labute approximate surface area is 121 Å². The third-order valence-corrected chi connectivity index (χ3v) is 3.64. The van der Waals surface area contributed by atoms with E-state index in [1.807, 2.05) is 4.68 Å². The van der Waals surface area contributed by atoms with Gasteiger partial charge in [-0.3, -0.25) is 4.68 Å². The molecule has 108 valence electrons. The molecule has 0 unspecified atom stereocenters. The Morgan fingerprint density at radius 2 is 2.15 bits per heavy atom. The van der Waals surface area contributed by atoms with Crippen LogP contribution in [0.15, 0.2) is 36.9 Å². The number of hydrogen-bond acceptors (Lipinski definition) is 3. The van der Waals surface area contributed by atoms with Crippen LogP contribution in [0.2, 0.25) is 0 Å². The minimum absolute atomic E-state index is 0.478. The van der Waals surface area contributed by atoms with E-state index >= 15 is 0 Å². The first-order valence-electron chi connectivity index (χ1n) is 7.27. The molecule has 0 aliphatic heterocycles. The summed E-state index contributed by atoms with van der Waals surface area (Å²) in [7, 11) is 0. The topological polar surface area (TPSA) is 42.7 Å². The molecule has 0 aliphatic carbocycles. The van der Waals surface area contributed by atoms with Crippen molar-refractivity contribution in [3.63, 3.8) is 0 Å².